The number of nitrogens with zero attached hydrogens (tertiary/aromatic N) is 4. The second-order valence-electron chi connectivity index (χ2n) is 8.22. The summed E-state index contributed by atoms with van der Waals surface area (Å²) >= 11 is 0. The Bertz CT molecular complexity index is 1180. The van der Waals surface area contributed by atoms with Crippen molar-refractivity contribution in [1.82, 2.24) is 19.8 Å². The molecule has 1 aliphatic heterocycles. The zero-order valence-electron chi connectivity index (χ0n) is 19.1. The van der Waals surface area contributed by atoms with Crippen LogP contribution in [0, 0.1) is 19.7 Å². The van der Waals surface area contributed by atoms with E-state index in [4.69, 9.17) is 0 Å². The molecule has 0 saturated carbocycles. The van der Waals surface area contributed by atoms with Crippen molar-refractivity contribution in [3.63, 3.8) is 0 Å². The lowest BCUT2D eigenvalue weighted by Crippen LogP contribution is -2.59. The fourth-order valence-electron chi connectivity index (χ4n) is 4.36. The number of aryl methyl sites for hydroxylation is 2. The third kappa shape index (κ3) is 4.62. The molecule has 2 amide bonds. The third-order valence-corrected chi connectivity index (χ3v) is 6.14. The highest BCUT2D eigenvalue weighted by Crippen LogP contribution is 2.28. The number of carbonyl (C=O) groups excluding carboxylic acids is 2. The molecule has 0 spiro atoms. The van der Waals surface area contributed by atoms with Gasteiger partial charge in [-0.3, -0.25) is 9.59 Å². The maximum atomic E-state index is 13.5. The van der Waals surface area contributed by atoms with Crippen LogP contribution >= 0.6 is 0 Å². The molecule has 0 aliphatic carbocycles. The Morgan fingerprint density at radius 1 is 1.09 bits per heavy atom. The van der Waals surface area contributed by atoms with E-state index in [2.05, 4.69) is 9.97 Å². The van der Waals surface area contributed by atoms with Gasteiger partial charge in [0.25, 0.3) is 5.91 Å². The first-order valence-corrected chi connectivity index (χ1v) is 11.1. The average molecular weight is 447 g/mol. The molecule has 0 bridgehead atoms. The number of piperazine rings is 1. The van der Waals surface area contributed by atoms with Gasteiger partial charge < -0.3 is 9.80 Å². The quantitative estimate of drug-likeness (QED) is 0.598. The van der Waals surface area contributed by atoms with Gasteiger partial charge in [0.2, 0.25) is 5.91 Å². The molecule has 0 unspecified atom stereocenters. The number of aromatic nitrogens is 2. The van der Waals surface area contributed by atoms with Crippen molar-refractivity contribution in [2.45, 2.75) is 33.2 Å². The third-order valence-electron chi connectivity index (χ3n) is 6.14. The molecule has 170 valence electrons. The predicted octanol–water partition coefficient (Wildman–Crippen LogP) is 3.82. The van der Waals surface area contributed by atoms with Crippen LogP contribution in [0.1, 0.15) is 34.4 Å². The van der Waals surface area contributed by atoms with Crippen LogP contribution < -0.4 is 0 Å². The summed E-state index contributed by atoms with van der Waals surface area (Å²) in [7, 11) is 0. The summed E-state index contributed by atoms with van der Waals surface area (Å²) in [5, 5.41) is 0. The Morgan fingerprint density at radius 3 is 2.52 bits per heavy atom. The first-order valence-electron chi connectivity index (χ1n) is 11.1. The number of benzene rings is 2. The second-order valence-corrected chi connectivity index (χ2v) is 8.22. The van der Waals surface area contributed by atoms with E-state index < -0.39 is 6.04 Å². The number of likely N-dealkylation sites (N-methyl/N-ethyl adjacent to an activating group) is 1. The van der Waals surface area contributed by atoms with Crippen molar-refractivity contribution in [2.75, 3.05) is 19.6 Å². The van der Waals surface area contributed by atoms with Gasteiger partial charge in [0, 0.05) is 32.3 Å². The van der Waals surface area contributed by atoms with Crippen LogP contribution in [0.2, 0.25) is 0 Å². The molecule has 6 nitrogen and oxygen atoms in total. The molecule has 2 aromatic carbocycles. The summed E-state index contributed by atoms with van der Waals surface area (Å²) in [6.45, 7) is 7.02. The standard InChI is InChI=1S/C26H27FN4O2/c1-4-30-13-14-31(25(32)23-16-28-18(3)29-17(23)2)24(26(30)33)15-20-7-5-6-8-22(20)19-9-11-21(27)12-10-19/h5-12,16,24H,4,13-15H2,1-3H3/t24-/m1/s1. The van der Waals surface area contributed by atoms with Gasteiger partial charge in [0.05, 0.1) is 11.3 Å². The van der Waals surface area contributed by atoms with Gasteiger partial charge in [0.15, 0.2) is 0 Å². The first-order chi connectivity index (χ1) is 15.9. The maximum absolute atomic E-state index is 13.5. The predicted molar refractivity (Wildman–Crippen MR) is 124 cm³/mol. The second kappa shape index (κ2) is 9.48. The minimum Gasteiger partial charge on any atom is -0.339 e. The molecule has 1 fully saturated rings. The summed E-state index contributed by atoms with van der Waals surface area (Å²) in [6.07, 6.45) is 1.90. The van der Waals surface area contributed by atoms with Gasteiger partial charge in [0.1, 0.15) is 17.7 Å². The fourth-order valence-corrected chi connectivity index (χ4v) is 4.36. The van der Waals surface area contributed by atoms with Gasteiger partial charge in [-0.1, -0.05) is 36.4 Å². The van der Waals surface area contributed by atoms with Crippen LogP contribution in [0.3, 0.4) is 0 Å². The Labute approximate surface area is 193 Å². The van der Waals surface area contributed by atoms with Gasteiger partial charge in [-0.2, -0.15) is 0 Å². The number of carbonyl (C=O) groups is 2. The lowest BCUT2D eigenvalue weighted by molar-refractivity contribution is -0.139. The molecule has 1 aromatic heterocycles. The number of rotatable bonds is 5. The molecule has 1 saturated heterocycles. The van der Waals surface area contributed by atoms with Crippen LogP contribution in [0.5, 0.6) is 0 Å². The van der Waals surface area contributed by atoms with Crippen molar-refractivity contribution in [2.24, 2.45) is 0 Å². The largest absolute Gasteiger partial charge is 0.339 e. The Kier molecular flexibility index (Phi) is 6.49. The SMILES string of the molecule is CCN1CCN(C(=O)c2cnc(C)nc2C)[C@H](Cc2ccccc2-c2ccc(F)cc2)C1=O. The lowest BCUT2D eigenvalue weighted by atomic mass is 9.93. The lowest BCUT2D eigenvalue weighted by Gasteiger charge is -2.40. The van der Waals surface area contributed by atoms with Crippen LogP contribution in [0.4, 0.5) is 4.39 Å². The van der Waals surface area contributed by atoms with E-state index in [-0.39, 0.29) is 17.6 Å². The van der Waals surface area contributed by atoms with Crippen LogP contribution in [-0.2, 0) is 11.2 Å². The smallest absolute Gasteiger partial charge is 0.258 e. The van der Waals surface area contributed by atoms with E-state index in [1.807, 2.05) is 31.2 Å². The molecule has 4 rings (SSSR count). The minimum absolute atomic E-state index is 0.0725. The zero-order valence-corrected chi connectivity index (χ0v) is 19.1. The van der Waals surface area contributed by atoms with Crippen LogP contribution in [0.25, 0.3) is 11.1 Å². The highest BCUT2D eigenvalue weighted by atomic mass is 19.1. The van der Waals surface area contributed by atoms with Gasteiger partial charge in [-0.15, -0.1) is 0 Å². The van der Waals surface area contributed by atoms with Gasteiger partial charge in [-0.25, -0.2) is 14.4 Å². The fraction of sp³-hybridized carbons (Fsp3) is 0.308. The maximum Gasteiger partial charge on any atom is 0.258 e. The molecular weight excluding hydrogens is 419 g/mol. The van der Waals surface area contributed by atoms with E-state index in [0.29, 0.717) is 43.1 Å². The van der Waals surface area contributed by atoms with Crippen LogP contribution in [-0.4, -0.2) is 57.3 Å². The summed E-state index contributed by atoms with van der Waals surface area (Å²) in [4.78, 5) is 38.8. The van der Waals surface area contributed by atoms with Crippen LogP contribution in [0.15, 0.2) is 54.7 Å². The van der Waals surface area contributed by atoms with E-state index in [1.165, 1.54) is 12.1 Å². The zero-order chi connectivity index (χ0) is 23.5. The molecule has 3 aromatic rings. The molecule has 0 radical (unpaired) electrons. The Hall–Kier alpha value is -3.61. The molecule has 33 heavy (non-hydrogen) atoms. The van der Waals surface area contributed by atoms with Crippen molar-refractivity contribution < 1.29 is 14.0 Å². The highest BCUT2D eigenvalue weighted by Gasteiger charge is 2.38. The Morgan fingerprint density at radius 2 is 1.82 bits per heavy atom. The monoisotopic (exact) mass is 446 g/mol. The number of halogens is 1. The highest BCUT2D eigenvalue weighted by molar-refractivity contribution is 5.99. The Balaban J connectivity index is 1.70. The van der Waals surface area contributed by atoms with Crippen molar-refractivity contribution in [3.8, 4) is 11.1 Å². The van der Waals surface area contributed by atoms with E-state index in [0.717, 1.165) is 16.7 Å². The van der Waals surface area contributed by atoms with Crippen molar-refractivity contribution in [1.29, 1.82) is 0 Å². The minimum atomic E-state index is -0.645. The summed E-state index contributed by atoms with van der Waals surface area (Å²) < 4.78 is 13.5. The van der Waals surface area contributed by atoms with E-state index >= 15 is 0 Å². The average Bonchev–Trinajstić information content (AvgIpc) is 2.81. The molecule has 1 aliphatic rings. The number of amides is 2. The first kappa shape index (κ1) is 22.6. The normalized spacial score (nSPS) is 16.2. The molecular formula is C26H27FN4O2. The van der Waals surface area contributed by atoms with Crippen molar-refractivity contribution in [3.05, 3.63) is 83.2 Å². The van der Waals surface area contributed by atoms with E-state index in [9.17, 15) is 14.0 Å². The van der Waals surface area contributed by atoms with Crippen molar-refractivity contribution >= 4 is 11.8 Å². The van der Waals surface area contributed by atoms with Gasteiger partial charge in [-0.05, 0) is 49.6 Å². The summed E-state index contributed by atoms with van der Waals surface area (Å²) in [6, 6.07) is 13.4. The van der Waals surface area contributed by atoms with E-state index in [1.54, 1.807) is 42.0 Å². The molecule has 7 heteroatoms. The number of hydrogen-bond donors (Lipinski definition) is 0. The topological polar surface area (TPSA) is 66.4 Å². The summed E-state index contributed by atoms with van der Waals surface area (Å²) in [5.41, 5.74) is 3.72. The number of hydrogen-bond acceptors (Lipinski definition) is 4. The summed E-state index contributed by atoms with van der Waals surface area (Å²) in [5.74, 6) is -0.0111. The van der Waals surface area contributed by atoms with Gasteiger partial charge >= 0.3 is 0 Å². The molecule has 0 N–H and O–H groups in total. The molecule has 2 heterocycles. The molecule has 1 atom stereocenters.